The molecule has 0 aliphatic carbocycles. The summed E-state index contributed by atoms with van der Waals surface area (Å²) < 4.78 is 0.783. The average Bonchev–Trinajstić information content (AvgIpc) is 2.71. The average molecular weight is 296 g/mol. The highest BCUT2D eigenvalue weighted by molar-refractivity contribution is 9.08. The number of rotatable bonds is 2. The molecule has 0 amide bonds. The third-order valence-corrected chi connectivity index (χ3v) is 4.59. The van der Waals surface area contributed by atoms with Crippen LogP contribution in [0.15, 0.2) is 12.1 Å². The van der Waals surface area contributed by atoms with Gasteiger partial charge in [-0.15, -0.1) is 21.5 Å². The van der Waals surface area contributed by atoms with Gasteiger partial charge < -0.3 is 0 Å². The number of alkyl halides is 1. The minimum atomic E-state index is 0.754. The molecule has 2 heterocycles. The fourth-order valence-corrected chi connectivity index (χ4v) is 3.07. The minimum absolute atomic E-state index is 0.754. The van der Waals surface area contributed by atoms with E-state index in [4.69, 9.17) is 11.6 Å². The molecule has 0 fully saturated rings. The van der Waals surface area contributed by atoms with Gasteiger partial charge in [0.05, 0.1) is 14.5 Å². The summed E-state index contributed by atoms with van der Waals surface area (Å²) in [6.07, 6.45) is 0. The molecule has 68 valence electrons. The third-order valence-electron chi connectivity index (χ3n) is 1.37. The van der Waals surface area contributed by atoms with Gasteiger partial charge in [0, 0.05) is 0 Å². The van der Waals surface area contributed by atoms with Crippen LogP contribution in [0.3, 0.4) is 0 Å². The van der Waals surface area contributed by atoms with E-state index < -0.39 is 0 Å². The standard InChI is InChI=1S/C7H4BrClN2S2/c8-3-6-10-11-7(13-6)4-1-2-5(9)12-4/h1-2H,3H2. The van der Waals surface area contributed by atoms with Crippen LogP contribution in [-0.4, -0.2) is 10.2 Å². The molecule has 0 spiro atoms. The Hall–Kier alpha value is 0.0300. The zero-order chi connectivity index (χ0) is 9.26. The summed E-state index contributed by atoms with van der Waals surface area (Å²) in [4.78, 5) is 1.08. The second-order valence-corrected chi connectivity index (χ2v) is 5.58. The molecule has 0 saturated carbocycles. The van der Waals surface area contributed by atoms with E-state index in [9.17, 15) is 0 Å². The molecule has 0 aromatic carbocycles. The van der Waals surface area contributed by atoms with Crippen LogP contribution in [0.5, 0.6) is 0 Å². The van der Waals surface area contributed by atoms with Gasteiger partial charge in [-0.25, -0.2) is 0 Å². The molecule has 0 saturated heterocycles. The summed E-state index contributed by atoms with van der Waals surface area (Å²) in [5.74, 6) is 0. The Morgan fingerprint density at radius 2 is 2.15 bits per heavy atom. The fourth-order valence-electron chi connectivity index (χ4n) is 0.836. The second kappa shape index (κ2) is 4.04. The van der Waals surface area contributed by atoms with E-state index in [1.54, 1.807) is 11.3 Å². The van der Waals surface area contributed by atoms with Crippen LogP contribution in [-0.2, 0) is 5.33 Å². The monoisotopic (exact) mass is 294 g/mol. The van der Waals surface area contributed by atoms with E-state index in [0.717, 1.165) is 24.6 Å². The Labute approximate surface area is 96.7 Å². The maximum Gasteiger partial charge on any atom is 0.157 e. The fraction of sp³-hybridized carbons (Fsp3) is 0.143. The molecule has 2 aromatic heterocycles. The van der Waals surface area contributed by atoms with Gasteiger partial charge in [0.25, 0.3) is 0 Å². The number of hydrogen-bond donors (Lipinski definition) is 0. The van der Waals surface area contributed by atoms with Crippen LogP contribution in [0.25, 0.3) is 9.88 Å². The molecule has 0 N–H and O–H groups in total. The number of aromatic nitrogens is 2. The Morgan fingerprint density at radius 3 is 2.69 bits per heavy atom. The minimum Gasteiger partial charge on any atom is -0.142 e. The van der Waals surface area contributed by atoms with Gasteiger partial charge in [-0.05, 0) is 12.1 Å². The highest BCUT2D eigenvalue weighted by Crippen LogP contribution is 2.32. The molecule has 0 aliphatic heterocycles. The third kappa shape index (κ3) is 2.10. The van der Waals surface area contributed by atoms with Crippen molar-refractivity contribution in [1.29, 1.82) is 0 Å². The summed E-state index contributed by atoms with van der Waals surface area (Å²) in [5.41, 5.74) is 0. The molecule has 0 aliphatic rings. The predicted octanol–water partition coefficient (Wildman–Crippen LogP) is 3.81. The highest BCUT2D eigenvalue weighted by Gasteiger charge is 2.07. The molecule has 0 unspecified atom stereocenters. The molecule has 2 rings (SSSR count). The van der Waals surface area contributed by atoms with E-state index in [0.29, 0.717) is 0 Å². The summed E-state index contributed by atoms with van der Waals surface area (Å²) in [6, 6.07) is 3.84. The Bertz CT molecular complexity index is 412. The molecule has 13 heavy (non-hydrogen) atoms. The van der Waals surface area contributed by atoms with Crippen LogP contribution in [0.2, 0.25) is 4.34 Å². The normalized spacial score (nSPS) is 10.6. The lowest BCUT2D eigenvalue weighted by molar-refractivity contribution is 1.05. The van der Waals surface area contributed by atoms with Gasteiger partial charge in [0.2, 0.25) is 0 Å². The van der Waals surface area contributed by atoms with Crippen molar-refractivity contribution in [2.75, 3.05) is 0 Å². The van der Waals surface area contributed by atoms with Crippen LogP contribution in [0.1, 0.15) is 5.01 Å². The lowest BCUT2D eigenvalue weighted by Crippen LogP contribution is -1.73. The van der Waals surface area contributed by atoms with Crippen molar-refractivity contribution in [2.24, 2.45) is 0 Å². The van der Waals surface area contributed by atoms with Gasteiger partial charge in [0.15, 0.2) is 5.01 Å². The molecule has 0 atom stereocenters. The zero-order valence-electron chi connectivity index (χ0n) is 6.33. The van der Waals surface area contributed by atoms with E-state index in [2.05, 4.69) is 26.1 Å². The summed E-state index contributed by atoms with van der Waals surface area (Å²) >= 11 is 12.3. The van der Waals surface area contributed by atoms with Gasteiger partial charge in [-0.1, -0.05) is 38.9 Å². The van der Waals surface area contributed by atoms with Crippen LogP contribution >= 0.6 is 50.2 Å². The summed E-state index contributed by atoms with van der Waals surface area (Å²) in [7, 11) is 0. The molecular weight excluding hydrogens is 292 g/mol. The SMILES string of the molecule is Clc1ccc(-c2nnc(CBr)s2)s1. The number of nitrogens with zero attached hydrogens (tertiary/aromatic N) is 2. The first-order valence-corrected chi connectivity index (χ1v) is 6.57. The highest BCUT2D eigenvalue weighted by atomic mass is 79.9. The van der Waals surface area contributed by atoms with E-state index >= 15 is 0 Å². The maximum atomic E-state index is 5.82. The predicted molar refractivity (Wildman–Crippen MR) is 60.9 cm³/mol. The quantitative estimate of drug-likeness (QED) is 0.787. The molecule has 2 nitrogen and oxygen atoms in total. The van der Waals surface area contributed by atoms with Crippen LogP contribution in [0, 0.1) is 0 Å². The van der Waals surface area contributed by atoms with Crippen molar-refractivity contribution < 1.29 is 0 Å². The van der Waals surface area contributed by atoms with Gasteiger partial charge in [-0.3, -0.25) is 0 Å². The van der Waals surface area contributed by atoms with Crippen molar-refractivity contribution in [3.05, 3.63) is 21.5 Å². The van der Waals surface area contributed by atoms with E-state index in [-0.39, 0.29) is 0 Å². The lowest BCUT2D eigenvalue weighted by Gasteiger charge is -1.83. The summed E-state index contributed by atoms with van der Waals surface area (Å²) in [5, 5.41) is 10.7. The smallest absolute Gasteiger partial charge is 0.142 e. The molecule has 0 radical (unpaired) electrons. The molecule has 0 bridgehead atoms. The Balaban J connectivity index is 2.35. The van der Waals surface area contributed by atoms with Crippen molar-refractivity contribution in [3.8, 4) is 9.88 Å². The van der Waals surface area contributed by atoms with Crippen LogP contribution < -0.4 is 0 Å². The largest absolute Gasteiger partial charge is 0.157 e. The van der Waals surface area contributed by atoms with Gasteiger partial charge in [0.1, 0.15) is 5.01 Å². The lowest BCUT2D eigenvalue weighted by atomic mass is 10.5. The van der Waals surface area contributed by atoms with Crippen LogP contribution in [0.4, 0.5) is 0 Å². The molecular formula is C7H4BrClN2S2. The number of halogens is 2. The Kier molecular flexibility index (Phi) is 2.98. The first kappa shape index (κ1) is 9.58. The van der Waals surface area contributed by atoms with Crippen molar-refractivity contribution in [2.45, 2.75) is 5.33 Å². The topological polar surface area (TPSA) is 25.8 Å². The molecule has 2 aromatic rings. The first-order valence-electron chi connectivity index (χ1n) is 3.43. The van der Waals surface area contributed by atoms with Crippen molar-refractivity contribution in [3.63, 3.8) is 0 Å². The molecule has 6 heteroatoms. The van der Waals surface area contributed by atoms with E-state index in [1.807, 2.05) is 12.1 Å². The van der Waals surface area contributed by atoms with Crippen molar-refractivity contribution >= 4 is 50.2 Å². The maximum absolute atomic E-state index is 5.82. The Morgan fingerprint density at radius 1 is 1.31 bits per heavy atom. The van der Waals surface area contributed by atoms with Crippen molar-refractivity contribution in [1.82, 2.24) is 10.2 Å². The number of thiophene rings is 1. The zero-order valence-corrected chi connectivity index (χ0v) is 10.3. The van der Waals surface area contributed by atoms with E-state index in [1.165, 1.54) is 11.3 Å². The first-order chi connectivity index (χ1) is 6.29. The second-order valence-electron chi connectivity index (χ2n) is 2.24. The number of hydrogen-bond acceptors (Lipinski definition) is 4. The van der Waals surface area contributed by atoms with Gasteiger partial charge >= 0.3 is 0 Å². The van der Waals surface area contributed by atoms with Gasteiger partial charge in [-0.2, -0.15) is 0 Å². The summed E-state index contributed by atoms with van der Waals surface area (Å²) in [6.45, 7) is 0.